The van der Waals surface area contributed by atoms with Crippen LogP contribution in [0.5, 0.6) is 5.75 Å². The summed E-state index contributed by atoms with van der Waals surface area (Å²) in [6.07, 6.45) is -4.89. The van der Waals surface area contributed by atoms with Crippen molar-refractivity contribution in [1.29, 1.82) is 0 Å². The van der Waals surface area contributed by atoms with Gasteiger partial charge in [0.05, 0.1) is 5.56 Å². The molecule has 0 radical (unpaired) electrons. The number of anilines is 1. The lowest BCUT2D eigenvalue weighted by Gasteiger charge is -2.13. The summed E-state index contributed by atoms with van der Waals surface area (Å²) >= 11 is 5.72. The second-order valence-corrected chi connectivity index (χ2v) is 4.44. The lowest BCUT2D eigenvalue weighted by Crippen LogP contribution is -2.20. The first-order chi connectivity index (χ1) is 9.85. The van der Waals surface area contributed by atoms with Crippen molar-refractivity contribution in [3.05, 3.63) is 59.1 Å². The Kier molecular flexibility index (Phi) is 4.37. The van der Waals surface area contributed by atoms with Crippen molar-refractivity contribution in [3.8, 4) is 5.75 Å². The van der Waals surface area contributed by atoms with Crippen LogP contribution in [0, 0.1) is 0 Å². The summed E-state index contributed by atoms with van der Waals surface area (Å²) < 4.78 is 40.8. The van der Waals surface area contributed by atoms with Crippen LogP contribution in [0.3, 0.4) is 0 Å². The summed E-state index contributed by atoms with van der Waals surface area (Å²) in [5.41, 5.74) is 0.143. The quantitative estimate of drug-likeness (QED) is 0.906. The molecule has 0 aromatic heterocycles. The number of carbonyl (C=O) groups is 1. The Morgan fingerprint density at radius 1 is 1.10 bits per heavy atom. The van der Waals surface area contributed by atoms with Gasteiger partial charge in [0.2, 0.25) is 0 Å². The third-order valence-corrected chi connectivity index (χ3v) is 2.68. The van der Waals surface area contributed by atoms with E-state index in [-0.39, 0.29) is 10.6 Å². The maximum Gasteiger partial charge on any atom is 0.573 e. The van der Waals surface area contributed by atoms with Crippen LogP contribution >= 0.6 is 11.6 Å². The number of hydrogen-bond donors (Lipinski definition) is 1. The molecule has 0 heterocycles. The van der Waals surface area contributed by atoms with Gasteiger partial charge in [0.1, 0.15) is 5.75 Å². The number of alkyl halides is 3. The van der Waals surface area contributed by atoms with Crippen LogP contribution in [0.15, 0.2) is 48.5 Å². The standard InChI is InChI=1S/C14H9ClF3NO2/c15-9-6-7-12(21-14(16,17)18)11(8-9)13(20)19-10-4-2-1-3-5-10/h1-8H,(H,19,20). The maximum absolute atomic E-state index is 12.3. The van der Waals surface area contributed by atoms with E-state index in [1.54, 1.807) is 30.3 Å². The number of rotatable bonds is 3. The Hall–Kier alpha value is -2.21. The van der Waals surface area contributed by atoms with Gasteiger partial charge in [-0.2, -0.15) is 0 Å². The number of halogens is 4. The van der Waals surface area contributed by atoms with Gasteiger partial charge in [-0.1, -0.05) is 29.8 Å². The zero-order valence-electron chi connectivity index (χ0n) is 10.4. The number of carbonyl (C=O) groups excluding carboxylic acids is 1. The molecule has 2 aromatic rings. The van der Waals surface area contributed by atoms with Crippen molar-refractivity contribution in [2.24, 2.45) is 0 Å². The Morgan fingerprint density at radius 3 is 2.38 bits per heavy atom. The largest absolute Gasteiger partial charge is 0.573 e. The van der Waals surface area contributed by atoms with Crippen molar-refractivity contribution in [3.63, 3.8) is 0 Å². The van der Waals surface area contributed by atoms with Gasteiger partial charge < -0.3 is 10.1 Å². The Morgan fingerprint density at radius 2 is 1.76 bits per heavy atom. The van der Waals surface area contributed by atoms with E-state index in [1.165, 1.54) is 6.07 Å². The number of benzene rings is 2. The number of ether oxygens (including phenoxy) is 1. The molecule has 0 bridgehead atoms. The highest BCUT2D eigenvalue weighted by atomic mass is 35.5. The van der Waals surface area contributed by atoms with Gasteiger partial charge >= 0.3 is 6.36 Å². The van der Waals surface area contributed by atoms with Crippen LogP contribution in [-0.4, -0.2) is 12.3 Å². The average molecular weight is 316 g/mol. The molecule has 0 aliphatic heterocycles. The van der Waals surface area contributed by atoms with Crippen LogP contribution in [0.25, 0.3) is 0 Å². The summed E-state index contributed by atoms with van der Waals surface area (Å²) in [4.78, 5) is 12.1. The molecular weight excluding hydrogens is 307 g/mol. The second-order valence-electron chi connectivity index (χ2n) is 4.01. The molecule has 2 aromatic carbocycles. The molecule has 0 aliphatic carbocycles. The molecule has 0 fully saturated rings. The predicted octanol–water partition coefficient (Wildman–Crippen LogP) is 4.49. The van der Waals surface area contributed by atoms with Gasteiger partial charge in [-0.3, -0.25) is 4.79 Å². The van der Waals surface area contributed by atoms with Gasteiger partial charge in [-0.25, -0.2) is 0 Å². The summed E-state index contributed by atoms with van der Waals surface area (Å²) in [7, 11) is 0. The number of para-hydroxylation sites is 1. The number of nitrogens with one attached hydrogen (secondary N) is 1. The van der Waals surface area contributed by atoms with Crippen molar-refractivity contribution >= 4 is 23.2 Å². The lowest BCUT2D eigenvalue weighted by atomic mass is 10.2. The summed E-state index contributed by atoms with van der Waals surface area (Å²) in [6.45, 7) is 0. The van der Waals surface area contributed by atoms with Gasteiger partial charge in [0.25, 0.3) is 5.91 Å². The fraction of sp³-hybridized carbons (Fsp3) is 0.0714. The molecule has 0 aliphatic rings. The molecule has 2 rings (SSSR count). The van der Waals surface area contributed by atoms with Crippen LogP contribution in [0.1, 0.15) is 10.4 Å². The molecule has 1 N–H and O–H groups in total. The van der Waals surface area contributed by atoms with E-state index in [9.17, 15) is 18.0 Å². The zero-order chi connectivity index (χ0) is 15.5. The topological polar surface area (TPSA) is 38.3 Å². The summed E-state index contributed by atoms with van der Waals surface area (Å²) in [5.74, 6) is -1.36. The predicted molar refractivity (Wildman–Crippen MR) is 72.5 cm³/mol. The molecule has 7 heteroatoms. The molecule has 0 saturated heterocycles. The van der Waals surface area contributed by atoms with Crippen LogP contribution in [0.4, 0.5) is 18.9 Å². The number of amides is 1. The van der Waals surface area contributed by atoms with E-state index in [2.05, 4.69) is 10.1 Å². The van der Waals surface area contributed by atoms with E-state index in [1.807, 2.05) is 0 Å². The minimum absolute atomic E-state index is 0.128. The fourth-order valence-corrected chi connectivity index (χ4v) is 1.79. The molecule has 0 spiro atoms. The molecule has 0 saturated carbocycles. The Bertz CT molecular complexity index is 644. The van der Waals surface area contributed by atoms with Gasteiger partial charge in [0.15, 0.2) is 0 Å². The van der Waals surface area contributed by atoms with Crippen molar-refractivity contribution in [2.45, 2.75) is 6.36 Å². The fourth-order valence-electron chi connectivity index (χ4n) is 1.61. The highest BCUT2D eigenvalue weighted by molar-refractivity contribution is 6.31. The number of hydrogen-bond acceptors (Lipinski definition) is 2. The SMILES string of the molecule is O=C(Nc1ccccc1)c1cc(Cl)ccc1OC(F)(F)F. The molecule has 3 nitrogen and oxygen atoms in total. The third-order valence-electron chi connectivity index (χ3n) is 2.44. The molecular formula is C14H9ClF3NO2. The maximum atomic E-state index is 12.3. The van der Waals surface area contributed by atoms with E-state index in [0.717, 1.165) is 12.1 Å². The summed E-state index contributed by atoms with van der Waals surface area (Å²) in [6, 6.07) is 11.6. The van der Waals surface area contributed by atoms with Gasteiger partial charge in [-0.05, 0) is 30.3 Å². The van der Waals surface area contributed by atoms with E-state index < -0.39 is 18.0 Å². The van der Waals surface area contributed by atoms with Crippen LogP contribution in [-0.2, 0) is 0 Å². The first-order valence-electron chi connectivity index (χ1n) is 5.77. The normalized spacial score (nSPS) is 11.0. The van der Waals surface area contributed by atoms with Gasteiger partial charge in [-0.15, -0.1) is 13.2 Å². The van der Waals surface area contributed by atoms with E-state index in [0.29, 0.717) is 5.69 Å². The first-order valence-corrected chi connectivity index (χ1v) is 6.14. The smallest absolute Gasteiger partial charge is 0.405 e. The molecule has 1 amide bonds. The highest BCUT2D eigenvalue weighted by Crippen LogP contribution is 2.29. The molecule has 0 atom stereocenters. The molecule has 21 heavy (non-hydrogen) atoms. The lowest BCUT2D eigenvalue weighted by molar-refractivity contribution is -0.274. The zero-order valence-corrected chi connectivity index (χ0v) is 11.2. The average Bonchev–Trinajstić information content (AvgIpc) is 2.40. The monoisotopic (exact) mass is 315 g/mol. The first kappa shape index (κ1) is 15.2. The Balaban J connectivity index is 2.29. The van der Waals surface area contributed by atoms with Crippen molar-refractivity contribution < 1.29 is 22.7 Å². The molecule has 0 unspecified atom stereocenters. The van der Waals surface area contributed by atoms with E-state index in [4.69, 9.17) is 11.6 Å². The summed E-state index contributed by atoms with van der Waals surface area (Å²) in [5, 5.41) is 2.59. The minimum atomic E-state index is -4.89. The van der Waals surface area contributed by atoms with Crippen molar-refractivity contribution in [1.82, 2.24) is 0 Å². The minimum Gasteiger partial charge on any atom is -0.405 e. The third kappa shape index (κ3) is 4.39. The van der Waals surface area contributed by atoms with Gasteiger partial charge in [0, 0.05) is 10.7 Å². The van der Waals surface area contributed by atoms with E-state index >= 15 is 0 Å². The second kappa shape index (κ2) is 6.05. The van der Waals surface area contributed by atoms with Crippen LogP contribution in [0.2, 0.25) is 5.02 Å². The molecule has 110 valence electrons. The van der Waals surface area contributed by atoms with Crippen LogP contribution < -0.4 is 10.1 Å². The van der Waals surface area contributed by atoms with Crippen molar-refractivity contribution in [2.75, 3.05) is 5.32 Å². The highest BCUT2D eigenvalue weighted by Gasteiger charge is 2.33. The Labute approximate surface area is 123 Å².